The topological polar surface area (TPSA) is 102 Å². The number of benzene rings is 1. The zero-order valence-electron chi connectivity index (χ0n) is 11.0. The van der Waals surface area contributed by atoms with Crippen LogP contribution < -0.4 is 4.72 Å². The van der Waals surface area contributed by atoms with Gasteiger partial charge in [-0.15, -0.1) is 0 Å². The van der Waals surface area contributed by atoms with Gasteiger partial charge >= 0.3 is 0 Å². The standard InChI is InChI=1S/C11H10ClN3O4S2/c1-6-3-4-8(9(5-6)15(16)17)14-21(18,19)10-7(2)13-11(12)20-10/h3-5,14H,1-2H3. The van der Waals surface area contributed by atoms with Crippen molar-refractivity contribution in [3.63, 3.8) is 0 Å². The number of hydrogen-bond donors (Lipinski definition) is 1. The van der Waals surface area contributed by atoms with E-state index in [0.29, 0.717) is 5.56 Å². The lowest BCUT2D eigenvalue weighted by atomic mass is 10.2. The van der Waals surface area contributed by atoms with Crippen molar-refractivity contribution in [3.05, 3.63) is 44.0 Å². The molecule has 0 spiro atoms. The predicted molar refractivity (Wildman–Crippen MR) is 80.5 cm³/mol. The van der Waals surface area contributed by atoms with Crippen LogP contribution in [0.25, 0.3) is 0 Å². The van der Waals surface area contributed by atoms with Gasteiger partial charge in [-0.05, 0) is 25.5 Å². The normalized spacial score (nSPS) is 11.4. The molecule has 2 rings (SSSR count). The molecule has 1 aromatic carbocycles. The lowest BCUT2D eigenvalue weighted by Gasteiger charge is -2.07. The molecular weight excluding hydrogens is 338 g/mol. The summed E-state index contributed by atoms with van der Waals surface area (Å²) < 4.78 is 26.8. The second-order valence-corrected chi connectivity index (χ2v) is 7.68. The number of nitro benzene ring substituents is 1. The number of rotatable bonds is 4. The molecule has 1 N–H and O–H groups in total. The Kier molecular flexibility index (Phi) is 4.17. The van der Waals surface area contributed by atoms with Crippen LogP contribution in [-0.2, 0) is 10.0 Å². The first-order valence-electron chi connectivity index (χ1n) is 5.61. The Balaban J connectivity index is 2.47. The van der Waals surface area contributed by atoms with E-state index in [0.717, 1.165) is 11.3 Å². The van der Waals surface area contributed by atoms with Crippen LogP contribution in [0, 0.1) is 24.0 Å². The van der Waals surface area contributed by atoms with Gasteiger partial charge in [-0.1, -0.05) is 29.0 Å². The molecule has 0 fully saturated rings. The zero-order valence-corrected chi connectivity index (χ0v) is 13.3. The minimum atomic E-state index is -3.97. The Morgan fingerprint density at radius 3 is 2.57 bits per heavy atom. The first-order valence-corrected chi connectivity index (χ1v) is 8.29. The van der Waals surface area contributed by atoms with Crippen LogP contribution in [0.15, 0.2) is 22.4 Å². The number of sulfonamides is 1. The van der Waals surface area contributed by atoms with Crippen LogP contribution in [0.2, 0.25) is 4.47 Å². The minimum absolute atomic E-state index is 0.0672. The van der Waals surface area contributed by atoms with Crippen molar-refractivity contribution in [2.45, 2.75) is 18.1 Å². The number of nitrogens with one attached hydrogen (secondary N) is 1. The Bertz CT molecular complexity index is 817. The summed E-state index contributed by atoms with van der Waals surface area (Å²) in [5.41, 5.74) is 0.482. The second-order valence-electron chi connectivity index (χ2n) is 4.22. The maximum atomic E-state index is 12.3. The van der Waals surface area contributed by atoms with Gasteiger partial charge < -0.3 is 0 Å². The molecule has 21 heavy (non-hydrogen) atoms. The highest BCUT2D eigenvalue weighted by molar-refractivity contribution is 7.94. The summed E-state index contributed by atoms with van der Waals surface area (Å²) in [5, 5.41) is 11.0. The molecule has 112 valence electrons. The van der Waals surface area contributed by atoms with E-state index in [2.05, 4.69) is 9.71 Å². The van der Waals surface area contributed by atoms with Gasteiger partial charge in [0.05, 0.1) is 10.6 Å². The molecule has 1 heterocycles. The van der Waals surface area contributed by atoms with Crippen molar-refractivity contribution < 1.29 is 13.3 Å². The van der Waals surface area contributed by atoms with Gasteiger partial charge in [0.25, 0.3) is 15.7 Å². The highest BCUT2D eigenvalue weighted by atomic mass is 35.5. The van der Waals surface area contributed by atoms with Gasteiger partial charge in [-0.3, -0.25) is 14.8 Å². The molecule has 7 nitrogen and oxygen atoms in total. The maximum absolute atomic E-state index is 12.3. The van der Waals surface area contributed by atoms with Crippen molar-refractivity contribution in [1.29, 1.82) is 0 Å². The number of hydrogen-bond acceptors (Lipinski definition) is 6. The third-order valence-electron chi connectivity index (χ3n) is 2.57. The third-order valence-corrected chi connectivity index (χ3v) is 5.80. The van der Waals surface area contributed by atoms with Crippen LogP contribution in [0.1, 0.15) is 11.3 Å². The van der Waals surface area contributed by atoms with E-state index in [1.165, 1.54) is 19.1 Å². The smallest absolute Gasteiger partial charge is 0.272 e. The largest absolute Gasteiger partial charge is 0.293 e. The van der Waals surface area contributed by atoms with Crippen LogP contribution in [0.3, 0.4) is 0 Å². The highest BCUT2D eigenvalue weighted by Gasteiger charge is 2.25. The van der Waals surface area contributed by atoms with Crippen molar-refractivity contribution in [1.82, 2.24) is 4.98 Å². The van der Waals surface area contributed by atoms with Crippen LogP contribution in [-0.4, -0.2) is 18.3 Å². The number of anilines is 1. The molecule has 1 aromatic heterocycles. The molecule has 0 saturated carbocycles. The molecule has 0 amide bonds. The lowest BCUT2D eigenvalue weighted by Crippen LogP contribution is -2.14. The van der Waals surface area contributed by atoms with Gasteiger partial charge in [-0.25, -0.2) is 13.4 Å². The molecule has 2 aromatic rings. The SMILES string of the molecule is Cc1ccc(NS(=O)(=O)c2sc(Cl)nc2C)c([N+](=O)[O-])c1. The highest BCUT2D eigenvalue weighted by Crippen LogP contribution is 2.31. The number of aromatic nitrogens is 1. The summed E-state index contributed by atoms with van der Waals surface area (Å²) in [5.74, 6) is 0. The van der Waals surface area contributed by atoms with E-state index in [-0.39, 0.29) is 25.7 Å². The van der Waals surface area contributed by atoms with E-state index in [9.17, 15) is 18.5 Å². The van der Waals surface area contributed by atoms with Crippen molar-refractivity contribution in [2.24, 2.45) is 0 Å². The maximum Gasteiger partial charge on any atom is 0.293 e. The van der Waals surface area contributed by atoms with E-state index >= 15 is 0 Å². The fourth-order valence-corrected chi connectivity index (χ4v) is 4.48. The number of aryl methyl sites for hydroxylation is 2. The fraction of sp³-hybridized carbons (Fsp3) is 0.182. The summed E-state index contributed by atoms with van der Waals surface area (Å²) >= 11 is 6.48. The van der Waals surface area contributed by atoms with Gasteiger partial charge in [0.1, 0.15) is 5.69 Å². The molecule has 0 radical (unpaired) electrons. The summed E-state index contributed by atoms with van der Waals surface area (Å²) in [6, 6.07) is 4.23. The molecule has 0 saturated heterocycles. The van der Waals surface area contributed by atoms with E-state index in [1.807, 2.05) is 0 Å². The molecule has 0 unspecified atom stereocenters. The molecule has 0 bridgehead atoms. The average Bonchev–Trinajstić information content (AvgIpc) is 2.71. The van der Waals surface area contributed by atoms with Gasteiger partial charge in [-0.2, -0.15) is 0 Å². The zero-order chi connectivity index (χ0) is 15.8. The van der Waals surface area contributed by atoms with E-state index in [4.69, 9.17) is 11.6 Å². The Morgan fingerprint density at radius 2 is 2.05 bits per heavy atom. The second kappa shape index (κ2) is 5.58. The fourth-order valence-electron chi connectivity index (χ4n) is 1.67. The van der Waals surface area contributed by atoms with Crippen molar-refractivity contribution in [3.8, 4) is 0 Å². The van der Waals surface area contributed by atoms with Crippen molar-refractivity contribution >= 4 is 44.3 Å². The Morgan fingerprint density at radius 1 is 1.38 bits per heavy atom. The van der Waals surface area contributed by atoms with E-state index in [1.54, 1.807) is 13.0 Å². The molecule has 0 aliphatic rings. The molecule has 0 aliphatic carbocycles. The predicted octanol–water partition coefficient (Wildman–Crippen LogP) is 3.12. The van der Waals surface area contributed by atoms with E-state index < -0.39 is 14.9 Å². The summed E-state index contributed by atoms with van der Waals surface area (Å²) in [7, 11) is -3.97. The van der Waals surface area contributed by atoms with Crippen molar-refractivity contribution in [2.75, 3.05) is 4.72 Å². The molecule has 0 atom stereocenters. The molecule has 10 heteroatoms. The lowest BCUT2D eigenvalue weighted by molar-refractivity contribution is -0.383. The van der Waals surface area contributed by atoms with Crippen LogP contribution >= 0.6 is 22.9 Å². The first-order chi connectivity index (χ1) is 9.70. The Labute approximate surface area is 129 Å². The average molecular weight is 348 g/mol. The summed E-state index contributed by atoms with van der Waals surface area (Å²) in [6.45, 7) is 3.18. The number of thiazole rings is 1. The first kappa shape index (κ1) is 15.7. The summed E-state index contributed by atoms with van der Waals surface area (Å²) in [4.78, 5) is 14.2. The van der Waals surface area contributed by atoms with Gasteiger partial charge in [0, 0.05) is 6.07 Å². The minimum Gasteiger partial charge on any atom is -0.272 e. The number of nitro groups is 1. The Hall–Kier alpha value is -1.71. The third kappa shape index (κ3) is 3.31. The van der Waals surface area contributed by atoms with Crippen LogP contribution in [0.4, 0.5) is 11.4 Å². The van der Waals surface area contributed by atoms with Crippen LogP contribution in [0.5, 0.6) is 0 Å². The molecule has 0 aliphatic heterocycles. The van der Waals surface area contributed by atoms with Gasteiger partial charge in [0.15, 0.2) is 8.68 Å². The van der Waals surface area contributed by atoms with Gasteiger partial charge in [0.2, 0.25) is 0 Å². The molecular formula is C11H10ClN3O4S2. The monoisotopic (exact) mass is 347 g/mol. The number of halogens is 1. The number of nitrogens with zero attached hydrogens (tertiary/aromatic N) is 2. The quantitative estimate of drug-likeness (QED) is 0.676. The summed E-state index contributed by atoms with van der Waals surface area (Å²) in [6.07, 6.45) is 0.